The van der Waals surface area contributed by atoms with Crippen LogP contribution in [0.2, 0.25) is 5.02 Å². The highest BCUT2D eigenvalue weighted by atomic mass is 35.5. The highest BCUT2D eigenvalue weighted by Crippen LogP contribution is 2.23. The molecule has 1 aromatic rings. The first-order valence-corrected chi connectivity index (χ1v) is 8.99. The quantitative estimate of drug-likeness (QED) is 0.863. The van der Waals surface area contributed by atoms with Gasteiger partial charge in [0.25, 0.3) is 0 Å². The minimum atomic E-state index is 0.297. The number of thioether (sulfide) groups is 1. The molecule has 0 aliphatic carbocycles. The molecule has 0 saturated carbocycles. The minimum absolute atomic E-state index is 0.297. The van der Waals surface area contributed by atoms with E-state index in [2.05, 4.69) is 10.2 Å². The Kier molecular flexibility index (Phi) is 5.09. The number of likely N-dealkylation sites (tertiary alicyclic amines) is 1. The molecule has 2 unspecified atom stereocenters. The van der Waals surface area contributed by atoms with Crippen molar-refractivity contribution in [1.82, 2.24) is 10.2 Å². The lowest BCUT2D eigenvalue weighted by molar-refractivity contribution is -0.130. The summed E-state index contributed by atoms with van der Waals surface area (Å²) in [5.74, 6) is 1.13. The van der Waals surface area contributed by atoms with Crippen LogP contribution in [0.1, 0.15) is 25.7 Å². The molecule has 2 aliphatic heterocycles. The summed E-state index contributed by atoms with van der Waals surface area (Å²) < 4.78 is 0. The summed E-state index contributed by atoms with van der Waals surface area (Å²) in [4.78, 5) is 15.6. The van der Waals surface area contributed by atoms with Gasteiger partial charge in [0.15, 0.2) is 0 Å². The van der Waals surface area contributed by atoms with Crippen LogP contribution in [-0.2, 0) is 4.79 Å². The molecule has 5 heteroatoms. The van der Waals surface area contributed by atoms with E-state index in [0.717, 1.165) is 30.3 Å². The molecular weight excluding hydrogens is 304 g/mol. The number of nitrogens with one attached hydrogen (secondary N) is 1. The number of nitrogens with zero attached hydrogens (tertiary/aromatic N) is 1. The maximum absolute atomic E-state index is 12.3. The summed E-state index contributed by atoms with van der Waals surface area (Å²) >= 11 is 7.59. The summed E-state index contributed by atoms with van der Waals surface area (Å²) in [6.07, 6.45) is 4.21. The molecule has 2 heterocycles. The Hall–Kier alpha value is -0.710. The van der Waals surface area contributed by atoms with Crippen LogP contribution in [0.3, 0.4) is 0 Å². The van der Waals surface area contributed by atoms with Crippen LogP contribution < -0.4 is 5.32 Å². The molecular formula is C16H21ClN2OS. The molecule has 2 atom stereocenters. The van der Waals surface area contributed by atoms with Crippen molar-refractivity contribution in [3.63, 3.8) is 0 Å². The van der Waals surface area contributed by atoms with Crippen LogP contribution in [-0.4, -0.2) is 41.7 Å². The number of halogens is 1. The van der Waals surface area contributed by atoms with Gasteiger partial charge in [0.2, 0.25) is 5.91 Å². The normalized spacial score (nSPS) is 24.9. The summed E-state index contributed by atoms with van der Waals surface area (Å²) in [6.45, 7) is 1.81. The van der Waals surface area contributed by atoms with E-state index in [1.54, 1.807) is 11.8 Å². The van der Waals surface area contributed by atoms with Crippen LogP contribution in [0.25, 0.3) is 0 Å². The van der Waals surface area contributed by atoms with Gasteiger partial charge in [0.05, 0.1) is 0 Å². The van der Waals surface area contributed by atoms with Crippen LogP contribution in [0.4, 0.5) is 0 Å². The van der Waals surface area contributed by atoms with Gasteiger partial charge in [-0.15, -0.1) is 11.8 Å². The average Bonchev–Trinajstić information content (AvgIpc) is 2.80. The summed E-state index contributed by atoms with van der Waals surface area (Å²) in [6, 6.07) is 8.95. The van der Waals surface area contributed by atoms with E-state index in [9.17, 15) is 4.79 Å². The molecule has 0 spiro atoms. The van der Waals surface area contributed by atoms with E-state index in [-0.39, 0.29) is 0 Å². The van der Waals surface area contributed by atoms with Crippen molar-refractivity contribution in [2.75, 3.05) is 18.8 Å². The van der Waals surface area contributed by atoms with Gasteiger partial charge in [-0.1, -0.05) is 11.6 Å². The highest BCUT2D eigenvalue weighted by Gasteiger charge is 2.30. The molecule has 1 aromatic carbocycles. The van der Waals surface area contributed by atoms with Gasteiger partial charge in [0.1, 0.15) is 0 Å². The van der Waals surface area contributed by atoms with Crippen molar-refractivity contribution >= 4 is 29.3 Å². The number of benzene rings is 1. The second-order valence-electron chi connectivity index (χ2n) is 5.82. The van der Waals surface area contributed by atoms with Crippen LogP contribution in [0.15, 0.2) is 29.2 Å². The van der Waals surface area contributed by atoms with Crippen molar-refractivity contribution in [3.8, 4) is 0 Å². The molecule has 2 fully saturated rings. The Balaban J connectivity index is 1.44. The molecule has 2 bridgehead atoms. The molecule has 2 saturated heterocycles. The minimum Gasteiger partial charge on any atom is -0.341 e. The van der Waals surface area contributed by atoms with Crippen molar-refractivity contribution in [2.45, 2.75) is 42.7 Å². The molecule has 3 nitrogen and oxygen atoms in total. The fourth-order valence-corrected chi connectivity index (χ4v) is 4.08. The van der Waals surface area contributed by atoms with Gasteiger partial charge in [0, 0.05) is 47.3 Å². The van der Waals surface area contributed by atoms with Gasteiger partial charge in [-0.3, -0.25) is 4.79 Å². The number of hydrogen-bond acceptors (Lipinski definition) is 3. The number of hydrogen-bond donors (Lipinski definition) is 1. The zero-order valence-corrected chi connectivity index (χ0v) is 13.6. The lowest BCUT2D eigenvalue weighted by Gasteiger charge is -2.24. The predicted molar refractivity (Wildman–Crippen MR) is 87.9 cm³/mol. The monoisotopic (exact) mass is 324 g/mol. The van der Waals surface area contributed by atoms with Gasteiger partial charge in [-0.05, 0) is 43.5 Å². The number of rotatable bonds is 4. The number of carbonyl (C=O) groups is 1. The first kappa shape index (κ1) is 15.2. The molecule has 114 valence electrons. The Labute approximate surface area is 135 Å². The number of carbonyl (C=O) groups excluding carboxylic acids is 1. The third-order valence-corrected chi connectivity index (χ3v) is 5.54. The molecule has 0 aromatic heterocycles. The maximum atomic E-state index is 12.3. The van der Waals surface area contributed by atoms with Crippen LogP contribution in [0.5, 0.6) is 0 Å². The Morgan fingerprint density at radius 1 is 1.24 bits per heavy atom. The molecule has 1 amide bonds. The smallest absolute Gasteiger partial charge is 0.223 e. The standard InChI is InChI=1S/C16H21ClN2OS/c17-12-1-5-15(6-2-12)21-10-8-16(20)19-9-7-13-3-4-14(11-19)18-13/h1-2,5-6,13-14,18H,3-4,7-11H2. The fraction of sp³-hybridized carbons (Fsp3) is 0.562. The number of fused-ring (bicyclic) bond motifs is 2. The summed E-state index contributed by atoms with van der Waals surface area (Å²) in [7, 11) is 0. The van der Waals surface area contributed by atoms with E-state index >= 15 is 0 Å². The van der Waals surface area contributed by atoms with Gasteiger partial charge < -0.3 is 10.2 Å². The van der Waals surface area contributed by atoms with Gasteiger partial charge >= 0.3 is 0 Å². The van der Waals surface area contributed by atoms with E-state index in [4.69, 9.17) is 11.6 Å². The predicted octanol–water partition coefficient (Wildman–Crippen LogP) is 3.18. The Morgan fingerprint density at radius 2 is 2.00 bits per heavy atom. The van der Waals surface area contributed by atoms with Crippen LogP contribution in [0, 0.1) is 0 Å². The largest absolute Gasteiger partial charge is 0.341 e. The van der Waals surface area contributed by atoms with Crippen LogP contribution >= 0.6 is 23.4 Å². The van der Waals surface area contributed by atoms with E-state index in [0.29, 0.717) is 24.4 Å². The molecule has 0 radical (unpaired) electrons. The zero-order valence-electron chi connectivity index (χ0n) is 12.1. The van der Waals surface area contributed by atoms with E-state index in [1.807, 2.05) is 24.3 Å². The van der Waals surface area contributed by atoms with Gasteiger partial charge in [-0.25, -0.2) is 0 Å². The second-order valence-corrected chi connectivity index (χ2v) is 7.42. The third kappa shape index (κ3) is 4.15. The maximum Gasteiger partial charge on any atom is 0.223 e. The highest BCUT2D eigenvalue weighted by molar-refractivity contribution is 7.99. The zero-order chi connectivity index (χ0) is 14.7. The Bertz CT molecular complexity index is 494. The molecule has 3 rings (SSSR count). The topological polar surface area (TPSA) is 32.3 Å². The van der Waals surface area contributed by atoms with Crippen molar-refractivity contribution in [1.29, 1.82) is 0 Å². The lowest BCUT2D eigenvalue weighted by atomic mass is 10.1. The average molecular weight is 325 g/mol. The van der Waals surface area contributed by atoms with Gasteiger partial charge in [-0.2, -0.15) is 0 Å². The fourth-order valence-electron chi connectivity index (χ4n) is 3.11. The molecule has 2 aliphatic rings. The lowest BCUT2D eigenvalue weighted by Crippen LogP contribution is -2.39. The number of amides is 1. The van der Waals surface area contributed by atoms with Crippen molar-refractivity contribution < 1.29 is 4.79 Å². The Morgan fingerprint density at radius 3 is 2.81 bits per heavy atom. The van der Waals surface area contributed by atoms with E-state index < -0.39 is 0 Å². The SMILES string of the molecule is O=C(CCSc1ccc(Cl)cc1)N1CCC2CCC(C1)N2. The summed E-state index contributed by atoms with van der Waals surface area (Å²) in [5, 5.41) is 4.37. The first-order valence-electron chi connectivity index (χ1n) is 7.63. The molecule has 1 N–H and O–H groups in total. The second kappa shape index (κ2) is 7.03. The van der Waals surface area contributed by atoms with Crippen molar-refractivity contribution in [3.05, 3.63) is 29.3 Å². The van der Waals surface area contributed by atoms with Crippen molar-refractivity contribution in [2.24, 2.45) is 0 Å². The summed E-state index contributed by atoms with van der Waals surface area (Å²) in [5.41, 5.74) is 0. The molecule has 21 heavy (non-hydrogen) atoms. The third-order valence-electron chi connectivity index (χ3n) is 4.27. The van der Waals surface area contributed by atoms with E-state index in [1.165, 1.54) is 17.7 Å². The first-order chi connectivity index (χ1) is 10.2.